The summed E-state index contributed by atoms with van der Waals surface area (Å²) >= 11 is 0. The molecule has 2 amide bonds. The topological polar surface area (TPSA) is 99.7 Å². The van der Waals surface area contributed by atoms with E-state index in [1.807, 2.05) is 13.8 Å². The second kappa shape index (κ2) is 7.81. The van der Waals surface area contributed by atoms with Crippen molar-refractivity contribution in [2.75, 3.05) is 32.8 Å². The minimum atomic E-state index is -0.318. The van der Waals surface area contributed by atoms with E-state index in [2.05, 4.69) is 0 Å². The van der Waals surface area contributed by atoms with Crippen LogP contribution < -0.4 is 5.73 Å². The first-order valence-corrected chi connectivity index (χ1v) is 8.04. The van der Waals surface area contributed by atoms with Crippen molar-refractivity contribution in [1.29, 1.82) is 5.41 Å². The maximum absolute atomic E-state index is 12.5. The molecule has 0 atom stereocenters. The van der Waals surface area contributed by atoms with Crippen LogP contribution in [0.2, 0.25) is 0 Å². The molecule has 3 N–H and O–H groups in total. The molecule has 0 bridgehead atoms. The lowest BCUT2D eigenvalue weighted by atomic mass is 10.1. The van der Waals surface area contributed by atoms with Gasteiger partial charge in [-0.2, -0.15) is 0 Å². The number of amides is 2. The highest BCUT2D eigenvalue weighted by molar-refractivity contribution is 5.98. The van der Waals surface area contributed by atoms with Crippen LogP contribution in [0.4, 0.5) is 4.79 Å². The molecule has 0 spiro atoms. The van der Waals surface area contributed by atoms with Crippen molar-refractivity contribution in [3.8, 4) is 0 Å². The van der Waals surface area contributed by atoms with Gasteiger partial charge in [-0.25, -0.2) is 4.79 Å². The molecule has 0 saturated carbocycles. The lowest BCUT2D eigenvalue weighted by Crippen LogP contribution is -2.50. The Hall–Kier alpha value is -2.57. The average Bonchev–Trinajstić information content (AvgIpc) is 2.59. The molecule has 7 heteroatoms. The van der Waals surface area contributed by atoms with Gasteiger partial charge in [-0.1, -0.05) is 26.0 Å². The number of hydrogen-bond donors (Lipinski definition) is 2. The fraction of sp³-hybridized carbons (Fsp3) is 0.471. The van der Waals surface area contributed by atoms with Crippen LogP contribution in [0.25, 0.3) is 0 Å². The monoisotopic (exact) mass is 332 g/mol. The van der Waals surface area contributed by atoms with Crippen LogP contribution in [0.15, 0.2) is 24.3 Å². The van der Waals surface area contributed by atoms with Gasteiger partial charge in [0.25, 0.3) is 5.91 Å². The Balaban J connectivity index is 1.88. The molecule has 0 aromatic heterocycles. The zero-order chi connectivity index (χ0) is 17.7. The van der Waals surface area contributed by atoms with E-state index in [0.717, 1.165) is 0 Å². The Labute approximate surface area is 141 Å². The van der Waals surface area contributed by atoms with E-state index in [0.29, 0.717) is 49.8 Å². The number of nitrogens with zero attached hydrogens (tertiary/aromatic N) is 2. The summed E-state index contributed by atoms with van der Waals surface area (Å²) in [4.78, 5) is 27.7. The summed E-state index contributed by atoms with van der Waals surface area (Å²) < 4.78 is 5.21. The van der Waals surface area contributed by atoms with Gasteiger partial charge in [0, 0.05) is 37.3 Å². The average molecular weight is 332 g/mol. The number of carbonyl (C=O) groups is 2. The SMILES string of the molecule is CC(C)COC(=O)N1CCN(C(=O)c2ccc(C(=N)N)cc2)CC1. The molecule has 1 heterocycles. The lowest BCUT2D eigenvalue weighted by Gasteiger charge is -2.34. The van der Waals surface area contributed by atoms with Gasteiger partial charge >= 0.3 is 6.09 Å². The number of amidine groups is 1. The Morgan fingerprint density at radius 2 is 1.58 bits per heavy atom. The highest BCUT2D eigenvalue weighted by Crippen LogP contribution is 2.11. The standard InChI is InChI=1S/C17H24N4O3/c1-12(2)11-24-17(23)21-9-7-20(8-10-21)16(22)14-5-3-13(4-6-14)15(18)19/h3-6,12H,7-11H2,1-2H3,(H3,18,19). The van der Waals surface area contributed by atoms with Crippen molar-refractivity contribution in [2.45, 2.75) is 13.8 Å². The molecule has 0 unspecified atom stereocenters. The first-order valence-electron chi connectivity index (χ1n) is 8.04. The molecule has 1 aliphatic rings. The number of benzene rings is 1. The molecule has 1 aromatic carbocycles. The van der Waals surface area contributed by atoms with Crippen LogP contribution in [0.5, 0.6) is 0 Å². The van der Waals surface area contributed by atoms with Crippen molar-refractivity contribution in [2.24, 2.45) is 11.7 Å². The maximum Gasteiger partial charge on any atom is 0.409 e. The molecule has 0 aliphatic carbocycles. The smallest absolute Gasteiger partial charge is 0.409 e. The molecule has 7 nitrogen and oxygen atoms in total. The number of nitrogens with one attached hydrogen (secondary N) is 1. The molecule has 1 aromatic rings. The van der Waals surface area contributed by atoms with Gasteiger partial charge in [0.2, 0.25) is 0 Å². The molecule has 130 valence electrons. The first kappa shape index (κ1) is 17.8. The zero-order valence-electron chi connectivity index (χ0n) is 14.1. The quantitative estimate of drug-likeness (QED) is 0.645. The van der Waals surface area contributed by atoms with Gasteiger partial charge in [-0.15, -0.1) is 0 Å². The van der Waals surface area contributed by atoms with E-state index >= 15 is 0 Å². The van der Waals surface area contributed by atoms with Crippen LogP contribution in [-0.2, 0) is 4.74 Å². The number of carbonyl (C=O) groups excluding carboxylic acids is 2. The highest BCUT2D eigenvalue weighted by Gasteiger charge is 2.25. The van der Waals surface area contributed by atoms with Crippen molar-refractivity contribution in [3.05, 3.63) is 35.4 Å². The van der Waals surface area contributed by atoms with E-state index in [-0.39, 0.29) is 17.8 Å². The number of nitrogen functional groups attached to an aromatic ring is 1. The Morgan fingerprint density at radius 1 is 1.08 bits per heavy atom. The summed E-state index contributed by atoms with van der Waals surface area (Å²) in [6.45, 7) is 6.26. The normalized spacial score (nSPS) is 14.6. The predicted octanol–water partition coefficient (Wildman–Crippen LogP) is 1.52. The van der Waals surface area contributed by atoms with E-state index in [4.69, 9.17) is 15.9 Å². The van der Waals surface area contributed by atoms with Gasteiger partial charge in [0.15, 0.2) is 0 Å². The Kier molecular flexibility index (Phi) is 5.78. The van der Waals surface area contributed by atoms with Crippen molar-refractivity contribution in [3.63, 3.8) is 0 Å². The summed E-state index contributed by atoms with van der Waals surface area (Å²) in [6, 6.07) is 6.66. The molecule has 0 radical (unpaired) electrons. The molecule has 1 saturated heterocycles. The summed E-state index contributed by atoms with van der Waals surface area (Å²) in [6.07, 6.45) is -0.318. The van der Waals surface area contributed by atoms with Crippen molar-refractivity contribution in [1.82, 2.24) is 9.80 Å². The minimum Gasteiger partial charge on any atom is -0.449 e. The van der Waals surface area contributed by atoms with E-state index in [9.17, 15) is 9.59 Å². The van der Waals surface area contributed by atoms with Crippen LogP contribution in [0.3, 0.4) is 0 Å². The molecule has 1 fully saturated rings. The Bertz CT molecular complexity index is 605. The third kappa shape index (κ3) is 4.47. The van der Waals surface area contributed by atoms with Gasteiger partial charge < -0.3 is 20.3 Å². The second-order valence-electron chi connectivity index (χ2n) is 6.24. The molecular weight excluding hydrogens is 308 g/mol. The zero-order valence-corrected chi connectivity index (χ0v) is 14.1. The largest absolute Gasteiger partial charge is 0.449 e. The summed E-state index contributed by atoms with van der Waals surface area (Å²) in [5.41, 5.74) is 6.55. The Morgan fingerprint density at radius 3 is 2.08 bits per heavy atom. The van der Waals surface area contributed by atoms with E-state index in [1.54, 1.807) is 34.1 Å². The fourth-order valence-electron chi connectivity index (χ4n) is 2.40. The number of nitrogens with two attached hydrogens (primary N) is 1. The van der Waals surface area contributed by atoms with E-state index < -0.39 is 0 Å². The molecule has 1 aliphatic heterocycles. The van der Waals surface area contributed by atoms with Crippen LogP contribution >= 0.6 is 0 Å². The summed E-state index contributed by atoms with van der Waals surface area (Å²) in [7, 11) is 0. The number of rotatable bonds is 4. The maximum atomic E-state index is 12.5. The van der Waals surface area contributed by atoms with Gasteiger partial charge in [0.1, 0.15) is 5.84 Å². The number of ether oxygens (including phenoxy) is 1. The van der Waals surface area contributed by atoms with Gasteiger partial charge in [-0.05, 0) is 18.1 Å². The van der Waals surface area contributed by atoms with Gasteiger partial charge in [-0.3, -0.25) is 10.2 Å². The number of hydrogen-bond acceptors (Lipinski definition) is 4. The van der Waals surface area contributed by atoms with Crippen LogP contribution in [0, 0.1) is 11.3 Å². The predicted molar refractivity (Wildman–Crippen MR) is 91.1 cm³/mol. The minimum absolute atomic E-state index is 0.0254. The van der Waals surface area contributed by atoms with Crippen LogP contribution in [-0.4, -0.2) is 60.4 Å². The first-order chi connectivity index (χ1) is 11.4. The molecular formula is C17H24N4O3. The second-order valence-corrected chi connectivity index (χ2v) is 6.24. The summed E-state index contributed by atoms with van der Waals surface area (Å²) in [5.74, 6) is 0.192. The number of piperazine rings is 1. The van der Waals surface area contributed by atoms with Gasteiger partial charge in [0.05, 0.1) is 6.61 Å². The molecule has 2 rings (SSSR count). The van der Waals surface area contributed by atoms with Crippen LogP contribution in [0.1, 0.15) is 29.8 Å². The van der Waals surface area contributed by atoms with E-state index in [1.165, 1.54) is 0 Å². The van der Waals surface area contributed by atoms with Crippen molar-refractivity contribution >= 4 is 17.8 Å². The fourth-order valence-corrected chi connectivity index (χ4v) is 2.40. The third-order valence-corrected chi connectivity index (χ3v) is 3.81. The lowest BCUT2D eigenvalue weighted by molar-refractivity contribution is 0.0535. The highest BCUT2D eigenvalue weighted by atomic mass is 16.6. The molecule has 24 heavy (non-hydrogen) atoms. The summed E-state index contributed by atoms with van der Waals surface area (Å²) in [5, 5.41) is 7.37. The third-order valence-electron chi connectivity index (χ3n) is 3.81. The van der Waals surface area contributed by atoms with Crippen molar-refractivity contribution < 1.29 is 14.3 Å².